The Hall–Kier alpha value is -1.16. The van der Waals surface area contributed by atoms with E-state index in [0.29, 0.717) is 12.5 Å². The Kier molecular flexibility index (Phi) is 3.16. The Labute approximate surface area is 90.0 Å². The van der Waals surface area contributed by atoms with E-state index in [-0.39, 0.29) is 0 Å². The van der Waals surface area contributed by atoms with Gasteiger partial charge < -0.3 is 10.0 Å². The standard InChI is InChI=1S/C11H17N3O/c1-9-12-5-2-11(13-9)14-6-3-10(8-15)4-7-14/h2,5,10,15H,3-4,6-8H2,1H3. The molecule has 0 atom stereocenters. The Balaban J connectivity index is 2.01. The summed E-state index contributed by atoms with van der Waals surface area (Å²) in [7, 11) is 0. The van der Waals surface area contributed by atoms with Gasteiger partial charge in [0.2, 0.25) is 0 Å². The normalized spacial score (nSPS) is 18.1. The van der Waals surface area contributed by atoms with E-state index in [9.17, 15) is 0 Å². The van der Waals surface area contributed by atoms with Crippen LogP contribution in [0.25, 0.3) is 0 Å². The number of aromatic nitrogens is 2. The fraction of sp³-hybridized carbons (Fsp3) is 0.636. The SMILES string of the molecule is Cc1nccc(N2CCC(CO)CC2)n1. The minimum absolute atomic E-state index is 0.316. The molecule has 82 valence electrons. The van der Waals surface area contributed by atoms with E-state index in [0.717, 1.165) is 37.6 Å². The molecule has 0 spiro atoms. The fourth-order valence-corrected chi connectivity index (χ4v) is 1.96. The van der Waals surface area contributed by atoms with Crippen LogP contribution in [-0.4, -0.2) is 34.8 Å². The Morgan fingerprint density at radius 3 is 2.80 bits per heavy atom. The Bertz CT molecular complexity index is 321. The van der Waals surface area contributed by atoms with Crippen molar-refractivity contribution in [3.05, 3.63) is 18.1 Å². The maximum Gasteiger partial charge on any atom is 0.132 e. The van der Waals surface area contributed by atoms with Gasteiger partial charge in [0.15, 0.2) is 0 Å². The van der Waals surface area contributed by atoms with Crippen LogP contribution < -0.4 is 4.90 Å². The predicted octanol–water partition coefficient (Wildman–Crippen LogP) is 0.994. The molecule has 0 unspecified atom stereocenters. The molecule has 1 saturated heterocycles. The van der Waals surface area contributed by atoms with Gasteiger partial charge in [0.1, 0.15) is 11.6 Å². The lowest BCUT2D eigenvalue weighted by molar-refractivity contribution is 0.203. The molecule has 0 amide bonds. The molecule has 0 aromatic carbocycles. The first-order chi connectivity index (χ1) is 7.29. The van der Waals surface area contributed by atoms with Crippen molar-refractivity contribution in [3.8, 4) is 0 Å². The van der Waals surface area contributed by atoms with E-state index in [4.69, 9.17) is 5.11 Å². The highest BCUT2D eigenvalue weighted by Crippen LogP contribution is 2.20. The molecule has 1 aromatic heterocycles. The van der Waals surface area contributed by atoms with E-state index in [1.54, 1.807) is 6.20 Å². The smallest absolute Gasteiger partial charge is 0.132 e. The summed E-state index contributed by atoms with van der Waals surface area (Å²) in [5.41, 5.74) is 0. The van der Waals surface area contributed by atoms with Gasteiger partial charge in [-0.2, -0.15) is 0 Å². The van der Waals surface area contributed by atoms with E-state index >= 15 is 0 Å². The van der Waals surface area contributed by atoms with E-state index < -0.39 is 0 Å². The molecule has 2 heterocycles. The summed E-state index contributed by atoms with van der Waals surface area (Å²) in [6.45, 7) is 4.20. The summed E-state index contributed by atoms with van der Waals surface area (Å²) >= 11 is 0. The first-order valence-corrected chi connectivity index (χ1v) is 5.45. The number of aryl methyl sites for hydroxylation is 1. The maximum absolute atomic E-state index is 9.05. The number of aliphatic hydroxyl groups excluding tert-OH is 1. The zero-order valence-corrected chi connectivity index (χ0v) is 9.06. The second kappa shape index (κ2) is 4.57. The number of piperidine rings is 1. The van der Waals surface area contributed by atoms with Crippen molar-refractivity contribution in [2.45, 2.75) is 19.8 Å². The minimum Gasteiger partial charge on any atom is -0.396 e. The molecule has 0 saturated carbocycles. The summed E-state index contributed by atoms with van der Waals surface area (Å²) in [6.07, 6.45) is 3.91. The van der Waals surface area contributed by atoms with E-state index in [1.165, 1.54) is 0 Å². The maximum atomic E-state index is 9.05. The summed E-state index contributed by atoms with van der Waals surface area (Å²) in [4.78, 5) is 10.8. The minimum atomic E-state index is 0.316. The molecule has 4 nitrogen and oxygen atoms in total. The molecular weight excluding hydrogens is 190 g/mol. The first kappa shape index (κ1) is 10.4. The second-order valence-electron chi connectivity index (χ2n) is 4.08. The average molecular weight is 207 g/mol. The zero-order valence-electron chi connectivity index (χ0n) is 9.06. The van der Waals surface area contributed by atoms with Crippen LogP contribution in [0.4, 0.5) is 5.82 Å². The lowest BCUT2D eigenvalue weighted by Gasteiger charge is -2.31. The number of rotatable bonds is 2. The summed E-state index contributed by atoms with van der Waals surface area (Å²) in [5.74, 6) is 2.31. The molecule has 0 radical (unpaired) electrons. The van der Waals surface area contributed by atoms with Crippen LogP contribution in [0, 0.1) is 12.8 Å². The van der Waals surface area contributed by atoms with Crippen LogP contribution in [0.3, 0.4) is 0 Å². The molecular formula is C11H17N3O. The predicted molar refractivity (Wildman–Crippen MR) is 58.8 cm³/mol. The van der Waals surface area contributed by atoms with Gasteiger partial charge in [-0.15, -0.1) is 0 Å². The molecule has 1 fully saturated rings. The van der Waals surface area contributed by atoms with Gasteiger partial charge in [-0.3, -0.25) is 0 Å². The largest absolute Gasteiger partial charge is 0.396 e. The molecule has 0 bridgehead atoms. The highest BCUT2D eigenvalue weighted by Gasteiger charge is 2.19. The average Bonchev–Trinajstić information content (AvgIpc) is 2.29. The van der Waals surface area contributed by atoms with Crippen LogP contribution in [0.5, 0.6) is 0 Å². The quantitative estimate of drug-likeness (QED) is 0.785. The molecule has 2 rings (SSSR count). The summed E-state index contributed by atoms with van der Waals surface area (Å²) in [5, 5.41) is 9.05. The van der Waals surface area contributed by atoms with Gasteiger partial charge in [-0.05, 0) is 31.7 Å². The zero-order chi connectivity index (χ0) is 10.7. The highest BCUT2D eigenvalue weighted by molar-refractivity contribution is 5.37. The van der Waals surface area contributed by atoms with Crippen molar-refractivity contribution in [1.29, 1.82) is 0 Å². The number of hydrogen-bond donors (Lipinski definition) is 1. The molecule has 15 heavy (non-hydrogen) atoms. The summed E-state index contributed by atoms with van der Waals surface area (Å²) < 4.78 is 0. The van der Waals surface area contributed by atoms with Gasteiger partial charge in [0.25, 0.3) is 0 Å². The van der Waals surface area contributed by atoms with Crippen molar-refractivity contribution in [3.63, 3.8) is 0 Å². The van der Waals surface area contributed by atoms with Gasteiger partial charge in [-0.25, -0.2) is 9.97 Å². The van der Waals surface area contributed by atoms with Crippen LogP contribution in [0.1, 0.15) is 18.7 Å². The highest BCUT2D eigenvalue weighted by atomic mass is 16.3. The lowest BCUT2D eigenvalue weighted by atomic mass is 9.98. The van der Waals surface area contributed by atoms with Crippen molar-refractivity contribution in [2.75, 3.05) is 24.6 Å². The number of aliphatic hydroxyl groups is 1. The molecule has 4 heteroatoms. The third-order valence-electron chi connectivity index (χ3n) is 2.96. The van der Waals surface area contributed by atoms with Crippen LogP contribution in [-0.2, 0) is 0 Å². The van der Waals surface area contributed by atoms with Gasteiger partial charge in [0, 0.05) is 25.9 Å². The third-order valence-corrected chi connectivity index (χ3v) is 2.96. The van der Waals surface area contributed by atoms with E-state index in [2.05, 4.69) is 14.9 Å². The monoisotopic (exact) mass is 207 g/mol. The lowest BCUT2D eigenvalue weighted by Crippen LogP contribution is -2.35. The Morgan fingerprint density at radius 2 is 2.20 bits per heavy atom. The second-order valence-corrected chi connectivity index (χ2v) is 4.08. The van der Waals surface area contributed by atoms with Gasteiger partial charge in [0.05, 0.1) is 0 Å². The summed E-state index contributed by atoms with van der Waals surface area (Å²) in [6, 6.07) is 1.95. The first-order valence-electron chi connectivity index (χ1n) is 5.45. The van der Waals surface area contributed by atoms with Crippen LogP contribution in [0.15, 0.2) is 12.3 Å². The molecule has 0 aliphatic carbocycles. The van der Waals surface area contributed by atoms with Gasteiger partial charge in [-0.1, -0.05) is 0 Å². The molecule has 1 aliphatic rings. The van der Waals surface area contributed by atoms with Crippen LogP contribution in [0.2, 0.25) is 0 Å². The van der Waals surface area contributed by atoms with E-state index in [1.807, 2.05) is 13.0 Å². The van der Waals surface area contributed by atoms with Crippen molar-refractivity contribution in [2.24, 2.45) is 5.92 Å². The number of hydrogen-bond acceptors (Lipinski definition) is 4. The van der Waals surface area contributed by atoms with Crippen LogP contribution >= 0.6 is 0 Å². The number of anilines is 1. The fourth-order valence-electron chi connectivity index (χ4n) is 1.96. The third kappa shape index (κ3) is 2.45. The molecule has 1 aliphatic heterocycles. The van der Waals surface area contributed by atoms with Crippen molar-refractivity contribution >= 4 is 5.82 Å². The molecule has 1 aromatic rings. The topological polar surface area (TPSA) is 49.2 Å². The van der Waals surface area contributed by atoms with Crippen molar-refractivity contribution in [1.82, 2.24) is 9.97 Å². The van der Waals surface area contributed by atoms with Crippen molar-refractivity contribution < 1.29 is 5.11 Å². The van der Waals surface area contributed by atoms with Gasteiger partial charge >= 0.3 is 0 Å². The molecule has 1 N–H and O–H groups in total. The number of nitrogens with zero attached hydrogens (tertiary/aromatic N) is 3. The Morgan fingerprint density at radius 1 is 1.47 bits per heavy atom.